The highest BCUT2D eigenvalue weighted by Gasteiger charge is 2.21. The molecule has 0 aliphatic carbocycles. The van der Waals surface area contributed by atoms with Crippen LogP contribution in [0.25, 0.3) is 0 Å². The van der Waals surface area contributed by atoms with Crippen molar-refractivity contribution in [3.8, 4) is 11.5 Å². The summed E-state index contributed by atoms with van der Waals surface area (Å²) in [6.07, 6.45) is 16.9. The first-order valence-electron chi connectivity index (χ1n) is 12.3. The molecule has 0 bridgehead atoms. The van der Waals surface area contributed by atoms with E-state index in [2.05, 4.69) is 6.92 Å². The third kappa shape index (κ3) is 8.50. The van der Waals surface area contributed by atoms with Gasteiger partial charge in [0.15, 0.2) is 11.5 Å². The van der Waals surface area contributed by atoms with E-state index in [9.17, 15) is 18.6 Å². The molecule has 0 radical (unpaired) electrons. The summed E-state index contributed by atoms with van der Waals surface area (Å²) in [5, 5.41) is 20.3. The number of unbranched alkanes of at least 4 members (excludes halogenated alkanes) is 12. The minimum atomic E-state index is -3.73. The maximum Gasteiger partial charge on any atom is 0.206 e. The first kappa shape index (κ1) is 26.2. The second-order valence-electron chi connectivity index (χ2n) is 8.76. The number of rotatable bonds is 16. The molecular weight excluding hydrogens is 420 g/mol. The Balaban J connectivity index is 1.73. The van der Waals surface area contributed by atoms with Crippen molar-refractivity contribution in [3.63, 3.8) is 0 Å². The molecule has 0 saturated heterocycles. The monoisotopic (exact) mass is 460 g/mol. The smallest absolute Gasteiger partial charge is 0.206 e. The minimum absolute atomic E-state index is 0.0173. The summed E-state index contributed by atoms with van der Waals surface area (Å²) in [6, 6.07) is 10.8. The number of benzene rings is 2. The van der Waals surface area contributed by atoms with Crippen LogP contribution in [0.1, 0.15) is 96.0 Å². The quantitative estimate of drug-likeness (QED) is 0.200. The largest absolute Gasteiger partial charge is 0.504 e. The van der Waals surface area contributed by atoms with E-state index in [1.807, 2.05) is 0 Å². The molecule has 0 heterocycles. The van der Waals surface area contributed by atoms with Gasteiger partial charge in [0.05, 0.1) is 9.79 Å². The standard InChI is InChI=1S/C27H40O4S/c1-2-3-4-5-6-7-8-9-10-11-12-13-15-18-23-21-25(22-26(28)27(23)29)32(30,31)24-19-16-14-17-20-24/h14,16-17,19-22,28-29H,2-13,15,18H2,1H3. The van der Waals surface area contributed by atoms with Crippen LogP contribution in [0.3, 0.4) is 0 Å². The predicted molar refractivity (Wildman–Crippen MR) is 131 cm³/mol. The Kier molecular flexibility index (Phi) is 11.6. The molecule has 0 fully saturated rings. The van der Waals surface area contributed by atoms with Crippen LogP contribution in [0.5, 0.6) is 11.5 Å². The number of sulfone groups is 1. The Morgan fingerprint density at radius 3 is 1.69 bits per heavy atom. The highest BCUT2D eigenvalue weighted by atomic mass is 32.2. The molecule has 0 saturated carbocycles. The van der Waals surface area contributed by atoms with Crippen molar-refractivity contribution in [1.82, 2.24) is 0 Å². The van der Waals surface area contributed by atoms with Gasteiger partial charge in [-0.15, -0.1) is 0 Å². The minimum Gasteiger partial charge on any atom is -0.504 e. The summed E-state index contributed by atoms with van der Waals surface area (Å²) in [5.41, 5.74) is 0.488. The first-order valence-corrected chi connectivity index (χ1v) is 13.8. The number of hydrogen-bond donors (Lipinski definition) is 2. The van der Waals surface area contributed by atoms with Gasteiger partial charge in [-0.3, -0.25) is 0 Å². The number of phenolic OH excluding ortho intramolecular Hbond substituents is 2. The van der Waals surface area contributed by atoms with E-state index in [0.717, 1.165) is 25.3 Å². The zero-order valence-corrected chi connectivity index (χ0v) is 20.4. The van der Waals surface area contributed by atoms with Gasteiger partial charge in [-0.2, -0.15) is 0 Å². The van der Waals surface area contributed by atoms with E-state index in [-0.39, 0.29) is 21.3 Å². The van der Waals surface area contributed by atoms with Crippen LogP contribution in [0.15, 0.2) is 52.3 Å². The normalized spacial score (nSPS) is 11.7. The van der Waals surface area contributed by atoms with Gasteiger partial charge in [-0.25, -0.2) is 8.42 Å². The average Bonchev–Trinajstić information content (AvgIpc) is 2.80. The van der Waals surface area contributed by atoms with Crippen LogP contribution in [0.2, 0.25) is 0 Å². The molecule has 0 aromatic heterocycles. The van der Waals surface area contributed by atoms with Crippen LogP contribution in [0.4, 0.5) is 0 Å². The number of phenols is 2. The van der Waals surface area contributed by atoms with Crippen molar-refractivity contribution in [2.75, 3.05) is 0 Å². The Morgan fingerprint density at radius 1 is 0.656 bits per heavy atom. The van der Waals surface area contributed by atoms with Gasteiger partial charge in [0, 0.05) is 6.07 Å². The molecule has 0 amide bonds. The van der Waals surface area contributed by atoms with Crippen molar-refractivity contribution < 1.29 is 18.6 Å². The van der Waals surface area contributed by atoms with Crippen molar-refractivity contribution in [2.24, 2.45) is 0 Å². The Labute approximate surface area is 194 Å². The van der Waals surface area contributed by atoms with E-state index in [0.29, 0.717) is 12.0 Å². The Morgan fingerprint density at radius 2 is 1.16 bits per heavy atom. The summed E-state index contributed by atoms with van der Waals surface area (Å²) in [7, 11) is -3.73. The Hall–Kier alpha value is -2.01. The summed E-state index contributed by atoms with van der Waals surface area (Å²) in [4.78, 5) is 0.195. The second kappa shape index (κ2) is 14.2. The molecule has 2 N–H and O–H groups in total. The molecule has 32 heavy (non-hydrogen) atoms. The molecule has 178 valence electrons. The van der Waals surface area contributed by atoms with Crippen LogP contribution in [-0.2, 0) is 16.3 Å². The molecule has 0 spiro atoms. The summed E-state index contributed by atoms with van der Waals surface area (Å²) in [6.45, 7) is 2.25. The molecule has 0 atom stereocenters. The van der Waals surface area contributed by atoms with Crippen LogP contribution >= 0.6 is 0 Å². The maximum atomic E-state index is 12.8. The Bertz CT molecular complexity index is 891. The summed E-state index contributed by atoms with van der Waals surface area (Å²) in [5.74, 6) is -0.595. The second-order valence-corrected chi connectivity index (χ2v) is 10.7. The molecule has 5 heteroatoms. The van der Waals surface area contributed by atoms with Crippen LogP contribution in [-0.4, -0.2) is 18.6 Å². The molecule has 4 nitrogen and oxygen atoms in total. The highest BCUT2D eigenvalue weighted by Crippen LogP contribution is 2.35. The summed E-state index contributed by atoms with van der Waals surface area (Å²) < 4.78 is 25.7. The molecule has 2 aromatic carbocycles. The molecule has 0 unspecified atom stereocenters. The number of aromatic hydroxyl groups is 2. The lowest BCUT2D eigenvalue weighted by molar-refractivity contribution is 0.397. The average molecular weight is 461 g/mol. The van der Waals surface area contributed by atoms with Crippen LogP contribution in [0, 0.1) is 0 Å². The van der Waals surface area contributed by atoms with Gasteiger partial charge in [0.25, 0.3) is 0 Å². The van der Waals surface area contributed by atoms with Gasteiger partial charge in [0.2, 0.25) is 9.84 Å². The number of aryl methyl sites for hydroxylation is 1. The van der Waals surface area contributed by atoms with Gasteiger partial charge >= 0.3 is 0 Å². The van der Waals surface area contributed by atoms with Gasteiger partial charge in [-0.1, -0.05) is 102 Å². The van der Waals surface area contributed by atoms with E-state index in [1.165, 1.54) is 82.4 Å². The fourth-order valence-electron chi connectivity index (χ4n) is 4.06. The van der Waals surface area contributed by atoms with Crippen molar-refractivity contribution in [3.05, 3.63) is 48.0 Å². The predicted octanol–water partition coefficient (Wildman–Crippen LogP) is 7.56. The lowest BCUT2D eigenvalue weighted by Crippen LogP contribution is -2.03. The lowest BCUT2D eigenvalue weighted by Gasteiger charge is -2.11. The molecule has 2 rings (SSSR count). The third-order valence-electron chi connectivity index (χ3n) is 6.06. The third-order valence-corrected chi connectivity index (χ3v) is 7.80. The lowest BCUT2D eigenvalue weighted by atomic mass is 10.0. The summed E-state index contributed by atoms with van der Waals surface area (Å²) >= 11 is 0. The SMILES string of the molecule is CCCCCCCCCCCCCCCc1cc(S(=O)(=O)c2ccccc2)cc(O)c1O. The highest BCUT2D eigenvalue weighted by molar-refractivity contribution is 7.91. The van der Waals surface area contributed by atoms with Gasteiger partial charge < -0.3 is 10.2 Å². The molecule has 0 aliphatic rings. The van der Waals surface area contributed by atoms with Crippen molar-refractivity contribution in [1.29, 1.82) is 0 Å². The topological polar surface area (TPSA) is 74.6 Å². The number of hydrogen-bond acceptors (Lipinski definition) is 4. The first-order chi connectivity index (χ1) is 15.5. The molecule has 0 aliphatic heterocycles. The van der Waals surface area contributed by atoms with Crippen LogP contribution < -0.4 is 0 Å². The van der Waals surface area contributed by atoms with E-state index in [4.69, 9.17) is 0 Å². The van der Waals surface area contributed by atoms with E-state index < -0.39 is 9.84 Å². The fourth-order valence-corrected chi connectivity index (χ4v) is 5.42. The fraction of sp³-hybridized carbons (Fsp3) is 0.556. The zero-order chi connectivity index (χ0) is 23.2. The van der Waals surface area contributed by atoms with Gasteiger partial charge in [-0.05, 0) is 36.6 Å². The van der Waals surface area contributed by atoms with Gasteiger partial charge in [0.1, 0.15) is 0 Å². The van der Waals surface area contributed by atoms with Crippen molar-refractivity contribution >= 4 is 9.84 Å². The van der Waals surface area contributed by atoms with Crippen molar-refractivity contribution in [2.45, 2.75) is 107 Å². The maximum absolute atomic E-state index is 12.8. The van der Waals surface area contributed by atoms with E-state index >= 15 is 0 Å². The molecule has 2 aromatic rings. The molecular formula is C27H40O4S. The van der Waals surface area contributed by atoms with E-state index in [1.54, 1.807) is 18.2 Å². The zero-order valence-electron chi connectivity index (χ0n) is 19.6.